The molecule has 2 saturated heterocycles. The summed E-state index contributed by atoms with van der Waals surface area (Å²) in [5.74, 6) is 1.33. The number of amides is 1. The van der Waals surface area contributed by atoms with Crippen LogP contribution in [-0.4, -0.2) is 69.9 Å². The fourth-order valence-corrected chi connectivity index (χ4v) is 4.28. The normalized spacial score (nSPS) is 21.9. The molecule has 2 aromatic rings. The van der Waals surface area contributed by atoms with Crippen molar-refractivity contribution in [3.63, 3.8) is 0 Å². The number of hydrogen-bond donors (Lipinski definition) is 1. The Kier molecular flexibility index (Phi) is 6.01. The van der Waals surface area contributed by atoms with Crippen LogP contribution in [0.1, 0.15) is 55.0 Å². The lowest BCUT2D eigenvalue weighted by Gasteiger charge is -2.35. The Hall–Kier alpha value is -2.26. The van der Waals surface area contributed by atoms with Gasteiger partial charge in [-0.3, -0.25) is 4.79 Å². The average Bonchev–Trinajstić information content (AvgIpc) is 3.49. The topological polar surface area (TPSA) is 90.7 Å². The molecule has 152 valence electrons. The van der Waals surface area contributed by atoms with Crippen LogP contribution in [0.4, 0.5) is 0 Å². The highest BCUT2D eigenvalue weighted by Gasteiger charge is 2.34. The smallest absolute Gasteiger partial charge is 0.289 e. The number of carbonyl (C=O) groups is 1. The van der Waals surface area contributed by atoms with E-state index in [4.69, 9.17) is 9.15 Å². The summed E-state index contributed by atoms with van der Waals surface area (Å²) in [4.78, 5) is 15.8. The van der Waals surface area contributed by atoms with Gasteiger partial charge in [0, 0.05) is 13.0 Å². The molecular formula is C19H29N6O3+. The zero-order valence-corrected chi connectivity index (χ0v) is 16.4. The monoisotopic (exact) mass is 389 g/mol. The summed E-state index contributed by atoms with van der Waals surface area (Å²) in [6.45, 7) is 6.92. The molecule has 28 heavy (non-hydrogen) atoms. The molecule has 0 radical (unpaired) electrons. The second-order valence-corrected chi connectivity index (χ2v) is 7.62. The highest BCUT2D eigenvalue weighted by atomic mass is 16.5. The van der Waals surface area contributed by atoms with Crippen LogP contribution in [0.25, 0.3) is 0 Å². The fraction of sp³-hybridized carbons (Fsp3) is 0.684. The minimum absolute atomic E-state index is 0.0284. The summed E-state index contributed by atoms with van der Waals surface area (Å²) >= 11 is 0. The Morgan fingerprint density at radius 3 is 2.93 bits per heavy atom. The number of piperazine rings is 1. The molecule has 1 amide bonds. The van der Waals surface area contributed by atoms with E-state index in [0.717, 1.165) is 57.7 Å². The predicted octanol–water partition coefficient (Wildman–Crippen LogP) is 0.327. The quantitative estimate of drug-likeness (QED) is 0.734. The maximum Gasteiger partial charge on any atom is 0.289 e. The zero-order chi connectivity index (χ0) is 19.3. The lowest BCUT2D eigenvalue weighted by molar-refractivity contribution is -0.936. The molecular weight excluding hydrogens is 360 g/mol. The van der Waals surface area contributed by atoms with Gasteiger partial charge in [0.1, 0.15) is 6.04 Å². The Bertz CT molecular complexity index is 748. The molecule has 0 unspecified atom stereocenters. The molecule has 4 heterocycles. The zero-order valence-electron chi connectivity index (χ0n) is 16.4. The van der Waals surface area contributed by atoms with Crippen molar-refractivity contribution in [1.29, 1.82) is 0 Å². The molecule has 1 N–H and O–H groups in total. The third kappa shape index (κ3) is 4.10. The number of quaternary nitrogens is 1. The lowest BCUT2D eigenvalue weighted by Crippen LogP contribution is -3.15. The third-order valence-corrected chi connectivity index (χ3v) is 5.77. The summed E-state index contributed by atoms with van der Waals surface area (Å²) in [6, 6.07) is 3.71. The van der Waals surface area contributed by atoms with Crippen LogP contribution in [0.5, 0.6) is 0 Å². The Labute approximate surface area is 164 Å². The maximum atomic E-state index is 12.5. The van der Waals surface area contributed by atoms with Gasteiger partial charge in [0.05, 0.1) is 45.1 Å². The summed E-state index contributed by atoms with van der Waals surface area (Å²) in [5, 5.41) is 12.6. The van der Waals surface area contributed by atoms with Gasteiger partial charge < -0.3 is 19.0 Å². The van der Waals surface area contributed by atoms with Crippen LogP contribution in [0.3, 0.4) is 0 Å². The summed E-state index contributed by atoms with van der Waals surface area (Å²) in [7, 11) is 0. The molecule has 2 fully saturated rings. The van der Waals surface area contributed by atoms with E-state index >= 15 is 0 Å². The van der Waals surface area contributed by atoms with Crippen LogP contribution >= 0.6 is 0 Å². The van der Waals surface area contributed by atoms with E-state index in [1.165, 1.54) is 4.90 Å². The second-order valence-electron chi connectivity index (χ2n) is 7.62. The van der Waals surface area contributed by atoms with Crippen molar-refractivity contribution in [2.75, 3.05) is 32.8 Å². The van der Waals surface area contributed by atoms with Gasteiger partial charge in [-0.2, -0.15) is 0 Å². The molecule has 0 saturated carbocycles. The molecule has 2 aliphatic rings. The molecule has 2 aliphatic heterocycles. The molecule has 9 heteroatoms. The fourth-order valence-electron chi connectivity index (χ4n) is 4.28. The Balaban J connectivity index is 1.42. The molecule has 0 aliphatic carbocycles. The number of furan rings is 1. The number of tetrazole rings is 1. The van der Waals surface area contributed by atoms with Crippen molar-refractivity contribution >= 4 is 5.91 Å². The van der Waals surface area contributed by atoms with E-state index in [2.05, 4.69) is 22.4 Å². The van der Waals surface area contributed by atoms with E-state index in [-0.39, 0.29) is 18.1 Å². The van der Waals surface area contributed by atoms with E-state index in [1.807, 2.05) is 9.58 Å². The van der Waals surface area contributed by atoms with E-state index < -0.39 is 0 Å². The molecule has 0 aromatic carbocycles. The van der Waals surface area contributed by atoms with Crippen LogP contribution in [-0.2, 0) is 11.3 Å². The number of rotatable bonds is 7. The average molecular weight is 389 g/mol. The minimum Gasteiger partial charge on any atom is -0.459 e. The molecule has 0 spiro atoms. The first kappa shape index (κ1) is 19.1. The SMILES string of the molecule is CCC[C@@H](c1nnnn1C[C@@H]1CCCO1)[NH+]1CCN(C(=O)c2ccco2)CC1. The number of nitrogens with zero attached hydrogens (tertiary/aromatic N) is 5. The first-order valence-corrected chi connectivity index (χ1v) is 10.3. The Morgan fingerprint density at radius 2 is 2.25 bits per heavy atom. The van der Waals surface area contributed by atoms with Crippen molar-refractivity contribution in [2.24, 2.45) is 0 Å². The molecule has 4 rings (SSSR count). The molecule has 0 bridgehead atoms. The highest BCUT2D eigenvalue weighted by molar-refractivity contribution is 5.91. The van der Waals surface area contributed by atoms with E-state index in [1.54, 1.807) is 18.4 Å². The summed E-state index contributed by atoms with van der Waals surface area (Å²) in [6.07, 6.45) is 6.01. The van der Waals surface area contributed by atoms with Crippen molar-refractivity contribution in [1.82, 2.24) is 25.1 Å². The Morgan fingerprint density at radius 1 is 1.39 bits per heavy atom. The van der Waals surface area contributed by atoms with Gasteiger partial charge >= 0.3 is 0 Å². The second kappa shape index (κ2) is 8.83. The van der Waals surface area contributed by atoms with Crippen LogP contribution < -0.4 is 4.90 Å². The van der Waals surface area contributed by atoms with Crippen LogP contribution in [0.2, 0.25) is 0 Å². The number of ether oxygens (including phenoxy) is 1. The van der Waals surface area contributed by atoms with Crippen LogP contribution in [0.15, 0.2) is 22.8 Å². The number of aromatic nitrogens is 4. The first-order valence-electron chi connectivity index (χ1n) is 10.3. The van der Waals surface area contributed by atoms with Gasteiger partial charge in [-0.1, -0.05) is 13.3 Å². The van der Waals surface area contributed by atoms with Gasteiger partial charge in [-0.05, 0) is 35.4 Å². The van der Waals surface area contributed by atoms with E-state index in [0.29, 0.717) is 18.8 Å². The maximum absolute atomic E-state index is 12.5. The van der Waals surface area contributed by atoms with Crippen molar-refractivity contribution in [3.05, 3.63) is 30.0 Å². The van der Waals surface area contributed by atoms with E-state index in [9.17, 15) is 4.79 Å². The molecule has 2 atom stereocenters. The summed E-state index contributed by atoms with van der Waals surface area (Å²) in [5.41, 5.74) is 0. The minimum atomic E-state index is -0.0284. The van der Waals surface area contributed by atoms with Crippen molar-refractivity contribution in [3.8, 4) is 0 Å². The molecule has 2 aromatic heterocycles. The third-order valence-electron chi connectivity index (χ3n) is 5.77. The van der Waals surface area contributed by atoms with Gasteiger partial charge in [0.15, 0.2) is 5.76 Å². The van der Waals surface area contributed by atoms with Gasteiger partial charge in [-0.15, -0.1) is 5.10 Å². The standard InChI is InChI=1S/C19H28N6O3/c1-2-5-16(18-20-21-22-25(18)14-15-6-3-12-27-15)23-8-10-24(11-9-23)19(26)17-7-4-13-28-17/h4,7,13,15-16H,2-3,5-6,8-12,14H2,1H3/p+1/t15-,16-/m0/s1. The van der Waals surface area contributed by atoms with Gasteiger partial charge in [0.2, 0.25) is 5.82 Å². The lowest BCUT2D eigenvalue weighted by atomic mass is 10.1. The van der Waals surface area contributed by atoms with Gasteiger partial charge in [-0.25, -0.2) is 4.68 Å². The number of carbonyl (C=O) groups excluding carboxylic acids is 1. The first-order chi connectivity index (χ1) is 13.8. The molecule has 9 nitrogen and oxygen atoms in total. The number of nitrogens with one attached hydrogen (secondary N) is 1. The van der Waals surface area contributed by atoms with Crippen molar-refractivity contribution < 1.29 is 18.8 Å². The number of hydrogen-bond acceptors (Lipinski definition) is 6. The van der Waals surface area contributed by atoms with Gasteiger partial charge in [0.25, 0.3) is 5.91 Å². The predicted molar refractivity (Wildman–Crippen MR) is 99.7 cm³/mol. The highest BCUT2D eigenvalue weighted by Crippen LogP contribution is 2.18. The largest absolute Gasteiger partial charge is 0.459 e. The summed E-state index contributed by atoms with van der Waals surface area (Å²) < 4.78 is 13.0. The van der Waals surface area contributed by atoms with Crippen LogP contribution in [0, 0.1) is 0 Å². The van der Waals surface area contributed by atoms with Crippen molar-refractivity contribution in [2.45, 2.75) is 51.3 Å².